The summed E-state index contributed by atoms with van der Waals surface area (Å²) in [7, 11) is 1.57. The zero-order valence-electron chi connectivity index (χ0n) is 16.5. The van der Waals surface area contributed by atoms with Crippen molar-refractivity contribution in [3.05, 3.63) is 88.2 Å². The molecule has 7 heteroatoms. The molecule has 2 aromatic carbocycles. The van der Waals surface area contributed by atoms with Gasteiger partial charge in [0.25, 0.3) is 11.8 Å². The van der Waals surface area contributed by atoms with Crippen LogP contribution in [0, 0.1) is 0 Å². The first-order chi connectivity index (χ1) is 14.7. The summed E-state index contributed by atoms with van der Waals surface area (Å²) < 4.78 is 10.9. The van der Waals surface area contributed by atoms with Gasteiger partial charge in [-0.3, -0.25) is 9.59 Å². The van der Waals surface area contributed by atoms with Gasteiger partial charge in [0.05, 0.1) is 13.7 Å². The number of amides is 2. The van der Waals surface area contributed by atoms with E-state index in [0.29, 0.717) is 17.1 Å². The second kappa shape index (κ2) is 10.8. The summed E-state index contributed by atoms with van der Waals surface area (Å²) in [5, 5.41) is 7.39. The summed E-state index contributed by atoms with van der Waals surface area (Å²) >= 11 is 1.47. The predicted molar refractivity (Wildman–Crippen MR) is 118 cm³/mol. The van der Waals surface area contributed by atoms with E-state index >= 15 is 0 Å². The molecule has 0 saturated heterocycles. The SMILES string of the molecule is COc1ccccc1OCCNC(=O)/C(=C/c1cccs1)NC(=O)c1ccccc1. The molecular formula is C23H22N2O4S. The minimum absolute atomic E-state index is 0.170. The van der Waals surface area contributed by atoms with Crippen LogP contribution in [-0.2, 0) is 4.79 Å². The van der Waals surface area contributed by atoms with Crippen molar-refractivity contribution in [1.29, 1.82) is 0 Å². The number of carbonyl (C=O) groups is 2. The fourth-order valence-corrected chi connectivity index (χ4v) is 3.27. The molecule has 0 aliphatic carbocycles. The smallest absolute Gasteiger partial charge is 0.267 e. The Morgan fingerprint density at radius 3 is 2.40 bits per heavy atom. The Balaban J connectivity index is 1.61. The lowest BCUT2D eigenvalue weighted by molar-refractivity contribution is -0.117. The lowest BCUT2D eigenvalue weighted by Crippen LogP contribution is -2.36. The van der Waals surface area contributed by atoms with Crippen LogP contribution < -0.4 is 20.1 Å². The molecule has 30 heavy (non-hydrogen) atoms. The first-order valence-electron chi connectivity index (χ1n) is 9.33. The van der Waals surface area contributed by atoms with Crippen LogP contribution in [-0.4, -0.2) is 32.1 Å². The standard InChI is InChI=1S/C23H22N2O4S/c1-28-20-11-5-6-12-21(20)29-14-13-24-23(27)19(16-18-10-7-15-30-18)25-22(26)17-8-3-2-4-9-17/h2-12,15-16H,13-14H2,1H3,(H,24,27)(H,25,26)/b19-16-. The van der Waals surface area contributed by atoms with Gasteiger partial charge in [-0.15, -0.1) is 11.3 Å². The molecule has 6 nitrogen and oxygen atoms in total. The maximum Gasteiger partial charge on any atom is 0.267 e. The highest BCUT2D eigenvalue weighted by molar-refractivity contribution is 7.10. The first kappa shape index (κ1) is 21.1. The third-order valence-electron chi connectivity index (χ3n) is 4.07. The maximum atomic E-state index is 12.7. The second-order valence-corrected chi connectivity index (χ2v) is 7.13. The van der Waals surface area contributed by atoms with Gasteiger partial charge in [0, 0.05) is 10.4 Å². The minimum atomic E-state index is -0.392. The number of rotatable bonds is 9. The molecule has 2 N–H and O–H groups in total. The normalized spacial score (nSPS) is 10.9. The van der Waals surface area contributed by atoms with Crippen molar-refractivity contribution in [3.8, 4) is 11.5 Å². The van der Waals surface area contributed by atoms with Crippen molar-refractivity contribution in [2.45, 2.75) is 0 Å². The van der Waals surface area contributed by atoms with Crippen LogP contribution in [0.15, 0.2) is 77.8 Å². The Labute approximate surface area is 179 Å². The van der Waals surface area contributed by atoms with Gasteiger partial charge < -0.3 is 20.1 Å². The number of benzene rings is 2. The van der Waals surface area contributed by atoms with Crippen LogP contribution in [0.5, 0.6) is 11.5 Å². The molecule has 1 heterocycles. The monoisotopic (exact) mass is 422 g/mol. The van der Waals surface area contributed by atoms with Crippen molar-refractivity contribution >= 4 is 29.2 Å². The molecule has 0 unspecified atom stereocenters. The first-order valence-corrected chi connectivity index (χ1v) is 10.2. The van der Waals surface area contributed by atoms with Gasteiger partial charge in [-0.2, -0.15) is 0 Å². The molecule has 3 aromatic rings. The van der Waals surface area contributed by atoms with Crippen molar-refractivity contribution in [3.63, 3.8) is 0 Å². The zero-order valence-corrected chi connectivity index (χ0v) is 17.3. The maximum absolute atomic E-state index is 12.7. The number of carbonyl (C=O) groups excluding carboxylic acids is 2. The van der Waals surface area contributed by atoms with E-state index in [0.717, 1.165) is 4.88 Å². The number of hydrogen-bond acceptors (Lipinski definition) is 5. The molecule has 154 valence electrons. The molecule has 1 aromatic heterocycles. The number of para-hydroxylation sites is 2. The zero-order chi connectivity index (χ0) is 21.2. The van der Waals surface area contributed by atoms with Gasteiger partial charge in [0.1, 0.15) is 12.3 Å². The van der Waals surface area contributed by atoms with E-state index in [4.69, 9.17) is 9.47 Å². The number of thiophene rings is 1. The molecule has 3 rings (SSSR count). The molecule has 0 aliphatic rings. The van der Waals surface area contributed by atoms with E-state index in [-0.39, 0.29) is 24.8 Å². The van der Waals surface area contributed by atoms with Gasteiger partial charge in [-0.25, -0.2) is 0 Å². The highest BCUT2D eigenvalue weighted by atomic mass is 32.1. The summed E-state index contributed by atoms with van der Waals surface area (Å²) in [5.41, 5.74) is 0.644. The van der Waals surface area contributed by atoms with E-state index in [2.05, 4.69) is 10.6 Å². The van der Waals surface area contributed by atoms with Crippen molar-refractivity contribution in [2.24, 2.45) is 0 Å². The van der Waals surface area contributed by atoms with Gasteiger partial charge in [-0.1, -0.05) is 36.4 Å². The molecular weight excluding hydrogens is 400 g/mol. The van der Waals surface area contributed by atoms with E-state index in [1.807, 2.05) is 35.7 Å². The number of ether oxygens (including phenoxy) is 2. The van der Waals surface area contributed by atoms with Crippen LogP contribution >= 0.6 is 11.3 Å². The van der Waals surface area contributed by atoms with Gasteiger partial charge >= 0.3 is 0 Å². The molecule has 2 amide bonds. The van der Waals surface area contributed by atoms with E-state index < -0.39 is 5.91 Å². The molecule has 0 radical (unpaired) electrons. The van der Waals surface area contributed by atoms with Crippen LogP contribution in [0.4, 0.5) is 0 Å². The van der Waals surface area contributed by atoms with Crippen LogP contribution in [0.2, 0.25) is 0 Å². The van der Waals surface area contributed by atoms with Gasteiger partial charge in [0.15, 0.2) is 11.5 Å². The molecule has 0 atom stereocenters. The topological polar surface area (TPSA) is 76.7 Å². The quantitative estimate of drug-likeness (QED) is 0.407. The van der Waals surface area contributed by atoms with Crippen molar-refractivity contribution < 1.29 is 19.1 Å². The Morgan fingerprint density at radius 2 is 1.70 bits per heavy atom. The van der Waals surface area contributed by atoms with E-state index in [1.54, 1.807) is 49.6 Å². The van der Waals surface area contributed by atoms with Gasteiger partial charge in [-0.05, 0) is 41.8 Å². The van der Waals surface area contributed by atoms with Crippen LogP contribution in [0.3, 0.4) is 0 Å². The summed E-state index contributed by atoms with van der Waals surface area (Å²) in [5.74, 6) is 0.480. The average molecular weight is 423 g/mol. The fourth-order valence-electron chi connectivity index (χ4n) is 2.62. The second-order valence-electron chi connectivity index (χ2n) is 6.15. The van der Waals surface area contributed by atoms with E-state index in [9.17, 15) is 9.59 Å². The number of hydrogen-bond donors (Lipinski definition) is 2. The Morgan fingerprint density at radius 1 is 0.967 bits per heavy atom. The average Bonchev–Trinajstić information content (AvgIpc) is 3.30. The Bertz CT molecular complexity index is 1000. The molecule has 0 saturated carbocycles. The minimum Gasteiger partial charge on any atom is -0.493 e. The molecule has 0 bridgehead atoms. The Hall–Kier alpha value is -3.58. The van der Waals surface area contributed by atoms with Gasteiger partial charge in [0.2, 0.25) is 0 Å². The summed E-state index contributed by atoms with van der Waals surface area (Å²) in [6.45, 7) is 0.519. The van der Waals surface area contributed by atoms with Crippen LogP contribution in [0.1, 0.15) is 15.2 Å². The molecule has 0 fully saturated rings. The molecule has 0 aliphatic heterocycles. The third-order valence-corrected chi connectivity index (χ3v) is 4.89. The largest absolute Gasteiger partial charge is 0.493 e. The summed E-state index contributed by atoms with van der Waals surface area (Å²) in [6.07, 6.45) is 1.65. The highest BCUT2D eigenvalue weighted by Crippen LogP contribution is 2.25. The van der Waals surface area contributed by atoms with Crippen molar-refractivity contribution in [2.75, 3.05) is 20.3 Å². The molecule has 0 spiro atoms. The lowest BCUT2D eigenvalue weighted by Gasteiger charge is -2.13. The summed E-state index contributed by atoms with van der Waals surface area (Å²) in [6, 6.07) is 19.8. The lowest BCUT2D eigenvalue weighted by atomic mass is 10.2. The predicted octanol–water partition coefficient (Wildman–Crippen LogP) is 3.72. The summed E-state index contributed by atoms with van der Waals surface area (Å²) in [4.78, 5) is 26.1. The Kier molecular flexibility index (Phi) is 7.63. The number of methoxy groups -OCH3 is 1. The third kappa shape index (κ3) is 5.96. The van der Waals surface area contributed by atoms with Crippen LogP contribution in [0.25, 0.3) is 6.08 Å². The van der Waals surface area contributed by atoms with E-state index in [1.165, 1.54) is 11.3 Å². The van der Waals surface area contributed by atoms with Crippen molar-refractivity contribution in [1.82, 2.24) is 10.6 Å². The fraction of sp³-hybridized carbons (Fsp3) is 0.130. The number of nitrogens with one attached hydrogen (secondary N) is 2. The highest BCUT2D eigenvalue weighted by Gasteiger charge is 2.14.